The smallest absolute Gasteiger partial charge is 0.187 e. The topological polar surface area (TPSA) is 318 Å². The SMILES string of the molecule is C[C@H](CCC(O[C@@H]1O[C@H](CO[C@@H]2O[C@H](CO)[C@@H](O)[C@H](O)[C@H]2O)[C@@H](O)[C@H](O)[C@H]1O)C(C)(C)O)[C@H]1CC[C@@]2(C)[C@@H]3CC=C4[C@@H](CC[C@H](O[C@@H]5O[C@H](CO)[C@@H](O)[C@H](O)[C@H]5O)C4(C)C)[C@]3(C)[C@H](O)C[C@]12C. The average molecular weight is 963 g/mol. The first-order valence-electron chi connectivity index (χ1n) is 24.5. The normalized spacial score (nSPS) is 51.0. The highest BCUT2D eigenvalue weighted by Gasteiger charge is 2.70. The van der Waals surface area contributed by atoms with Gasteiger partial charge in [0, 0.05) is 10.8 Å². The fourth-order valence-electron chi connectivity index (χ4n) is 14.2. The van der Waals surface area contributed by atoms with E-state index in [0.29, 0.717) is 25.7 Å². The first-order chi connectivity index (χ1) is 31.2. The number of rotatable bonds is 14. The van der Waals surface area contributed by atoms with Gasteiger partial charge < -0.3 is 94.8 Å². The second-order valence-electron chi connectivity index (χ2n) is 23.1. The molecule has 0 bridgehead atoms. The molecule has 1 unspecified atom stereocenters. The molecule has 4 aliphatic carbocycles. The Morgan fingerprint density at radius 3 is 1.79 bits per heavy atom. The van der Waals surface area contributed by atoms with E-state index in [9.17, 15) is 66.4 Å². The number of aliphatic hydroxyl groups is 13. The number of allylic oxidation sites excluding steroid dienone is 1. The van der Waals surface area contributed by atoms with Gasteiger partial charge in [0.2, 0.25) is 0 Å². The van der Waals surface area contributed by atoms with Crippen molar-refractivity contribution in [3.8, 4) is 0 Å². The van der Waals surface area contributed by atoms with Gasteiger partial charge >= 0.3 is 0 Å². The van der Waals surface area contributed by atoms with E-state index >= 15 is 0 Å². The van der Waals surface area contributed by atoms with Crippen molar-refractivity contribution in [2.45, 2.75) is 223 Å². The number of fused-ring (bicyclic) bond motifs is 5. The molecule has 3 heterocycles. The highest BCUT2D eigenvalue weighted by atomic mass is 16.7. The molecule has 3 saturated heterocycles. The fraction of sp³-hybridized carbons (Fsp3) is 0.958. The Bertz CT molecular complexity index is 1710. The quantitative estimate of drug-likeness (QED) is 0.0924. The average Bonchev–Trinajstić information content (AvgIpc) is 3.54. The first kappa shape index (κ1) is 53.8. The van der Waals surface area contributed by atoms with Crippen molar-refractivity contribution in [3.05, 3.63) is 11.6 Å². The monoisotopic (exact) mass is 963 g/mol. The predicted octanol–water partition coefficient (Wildman–Crippen LogP) is -1.06. The third-order valence-electron chi connectivity index (χ3n) is 18.7. The van der Waals surface area contributed by atoms with E-state index < -0.39 is 147 Å². The zero-order chi connectivity index (χ0) is 49.5. The van der Waals surface area contributed by atoms with Crippen LogP contribution in [-0.4, -0.2) is 202 Å². The highest BCUT2D eigenvalue weighted by Crippen LogP contribution is 2.75. The van der Waals surface area contributed by atoms with Gasteiger partial charge in [0.1, 0.15) is 73.2 Å². The van der Waals surface area contributed by atoms with Crippen LogP contribution in [-0.2, 0) is 28.4 Å². The summed E-state index contributed by atoms with van der Waals surface area (Å²) in [6.45, 7) is 14.8. The van der Waals surface area contributed by atoms with Gasteiger partial charge in [-0.2, -0.15) is 0 Å². The summed E-state index contributed by atoms with van der Waals surface area (Å²) in [5.41, 5.74) is -1.60. The van der Waals surface area contributed by atoms with Crippen LogP contribution in [0.15, 0.2) is 11.6 Å². The lowest BCUT2D eigenvalue weighted by Crippen LogP contribution is -2.65. The lowest BCUT2D eigenvalue weighted by Gasteiger charge is -2.67. The van der Waals surface area contributed by atoms with Crippen molar-refractivity contribution in [2.24, 2.45) is 45.3 Å². The molecule has 3 aliphatic heterocycles. The summed E-state index contributed by atoms with van der Waals surface area (Å²) < 4.78 is 35.3. The molecule has 0 aromatic heterocycles. The highest BCUT2D eigenvalue weighted by molar-refractivity contribution is 5.32. The van der Waals surface area contributed by atoms with E-state index in [4.69, 9.17) is 28.4 Å². The Morgan fingerprint density at radius 1 is 0.672 bits per heavy atom. The third kappa shape index (κ3) is 9.24. The summed E-state index contributed by atoms with van der Waals surface area (Å²) in [5.74, 6) is 0.547. The second kappa shape index (κ2) is 19.8. The molecular weight excluding hydrogens is 881 g/mol. The lowest BCUT2D eigenvalue weighted by atomic mass is 9.38. The number of aliphatic hydroxyl groups excluding tert-OH is 12. The molecule has 0 aromatic carbocycles. The Balaban J connectivity index is 1.01. The molecule has 13 N–H and O–H groups in total. The standard InChI is InChI=1S/C48H82O19/c1-21(9-13-31(45(4,5)61)67-43-40(60)37(57)34(54)27(65-43)20-62-41-38(58)35(55)32(52)25(18-49)63-41)22-15-16-46(6)28-12-10-23-24(48(28,8)29(51)17-47(22,46)7)11-14-30(44(23,2)3)66-42-39(59)36(56)33(53)26(19-50)64-42/h10,21-22,24-43,49-61H,9,11-20H2,1-8H3/t21-,22-,24-,25-,26-,27-,28+,29-,30+,31?,32-,33-,34-,35+,36+,37+,38-,39-,40-,41-,42+,43+,46+,47-,48+/m1/s1. The van der Waals surface area contributed by atoms with Crippen LogP contribution in [0.25, 0.3) is 0 Å². The van der Waals surface area contributed by atoms with Gasteiger partial charge in [-0.25, -0.2) is 0 Å². The summed E-state index contributed by atoms with van der Waals surface area (Å²) >= 11 is 0. The van der Waals surface area contributed by atoms with E-state index in [-0.39, 0.29) is 34.5 Å². The van der Waals surface area contributed by atoms with Gasteiger partial charge in [-0.1, -0.05) is 53.2 Å². The van der Waals surface area contributed by atoms with E-state index in [1.807, 2.05) is 0 Å². The van der Waals surface area contributed by atoms with Crippen LogP contribution in [0.4, 0.5) is 0 Å². The second-order valence-corrected chi connectivity index (χ2v) is 23.1. The Hall–Kier alpha value is -1.02. The van der Waals surface area contributed by atoms with Crippen molar-refractivity contribution in [1.82, 2.24) is 0 Å². The predicted molar refractivity (Wildman–Crippen MR) is 235 cm³/mol. The van der Waals surface area contributed by atoms with Gasteiger partial charge in [0.25, 0.3) is 0 Å². The number of hydrogen-bond acceptors (Lipinski definition) is 19. The fourth-order valence-corrected chi connectivity index (χ4v) is 14.2. The van der Waals surface area contributed by atoms with Crippen molar-refractivity contribution < 1.29 is 94.8 Å². The van der Waals surface area contributed by atoms with E-state index in [2.05, 4.69) is 47.6 Å². The molecule has 67 heavy (non-hydrogen) atoms. The summed E-state index contributed by atoms with van der Waals surface area (Å²) in [4.78, 5) is 0. The van der Waals surface area contributed by atoms with Crippen molar-refractivity contribution >= 4 is 0 Å². The molecule has 6 fully saturated rings. The summed E-state index contributed by atoms with van der Waals surface area (Å²) in [7, 11) is 0. The molecule has 0 amide bonds. The first-order valence-corrected chi connectivity index (χ1v) is 24.5. The largest absolute Gasteiger partial charge is 0.394 e. The third-order valence-corrected chi connectivity index (χ3v) is 18.7. The molecule has 19 nitrogen and oxygen atoms in total. The minimum Gasteiger partial charge on any atom is -0.394 e. The van der Waals surface area contributed by atoms with Gasteiger partial charge in [0.15, 0.2) is 18.9 Å². The molecule has 0 spiro atoms. The molecule has 3 saturated carbocycles. The minimum atomic E-state index is -1.75. The van der Waals surface area contributed by atoms with Crippen LogP contribution in [0.2, 0.25) is 0 Å². The van der Waals surface area contributed by atoms with Gasteiger partial charge in [-0.05, 0) is 99.7 Å². The number of hydrogen-bond donors (Lipinski definition) is 13. The Morgan fingerprint density at radius 2 is 1.21 bits per heavy atom. The molecule has 388 valence electrons. The van der Waals surface area contributed by atoms with Crippen LogP contribution < -0.4 is 0 Å². The maximum absolute atomic E-state index is 12.6. The van der Waals surface area contributed by atoms with Gasteiger partial charge in [-0.15, -0.1) is 0 Å². The zero-order valence-electron chi connectivity index (χ0n) is 40.3. The van der Waals surface area contributed by atoms with Gasteiger partial charge in [0.05, 0.1) is 43.7 Å². The van der Waals surface area contributed by atoms with Crippen molar-refractivity contribution in [3.63, 3.8) is 0 Å². The maximum Gasteiger partial charge on any atom is 0.187 e. The van der Waals surface area contributed by atoms with Crippen LogP contribution in [0, 0.1) is 45.3 Å². The Kier molecular flexibility index (Phi) is 15.9. The van der Waals surface area contributed by atoms with Crippen LogP contribution in [0.5, 0.6) is 0 Å². The Labute approximate surface area is 393 Å². The lowest BCUT2D eigenvalue weighted by molar-refractivity contribution is -0.341. The molecule has 0 radical (unpaired) electrons. The summed E-state index contributed by atoms with van der Waals surface area (Å²) in [6.07, 6.45) is -16.7. The van der Waals surface area contributed by atoms with Crippen LogP contribution in [0.1, 0.15) is 107 Å². The summed E-state index contributed by atoms with van der Waals surface area (Å²) in [6, 6.07) is 0. The van der Waals surface area contributed by atoms with E-state index in [1.165, 1.54) is 5.57 Å². The molecule has 19 heteroatoms. The van der Waals surface area contributed by atoms with Crippen molar-refractivity contribution in [2.75, 3.05) is 19.8 Å². The number of ether oxygens (including phenoxy) is 6. The van der Waals surface area contributed by atoms with Crippen molar-refractivity contribution in [1.29, 1.82) is 0 Å². The maximum atomic E-state index is 12.6. The molecule has 7 aliphatic rings. The van der Waals surface area contributed by atoms with E-state index in [0.717, 1.165) is 25.7 Å². The van der Waals surface area contributed by atoms with Crippen LogP contribution in [0.3, 0.4) is 0 Å². The van der Waals surface area contributed by atoms with Gasteiger partial charge in [-0.3, -0.25) is 0 Å². The summed E-state index contributed by atoms with van der Waals surface area (Å²) in [5, 5.41) is 138. The molecule has 0 aromatic rings. The zero-order valence-corrected chi connectivity index (χ0v) is 40.3. The minimum absolute atomic E-state index is 0.0596. The molecule has 25 atom stereocenters. The molecule has 7 rings (SSSR count). The van der Waals surface area contributed by atoms with Crippen LogP contribution >= 0.6 is 0 Å². The van der Waals surface area contributed by atoms with E-state index in [1.54, 1.807) is 13.8 Å². The molecular formula is C48H82O19.